The number of nitrogen functional groups attached to an aromatic ring is 1. The third kappa shape index (κ3) is 3.07. The smallest absolute Gasteiger partial charge is 0.338 e. The third-order valence-corrected chi connectivity index (χ3v) is 2.54. The van der Waals surface area contributed by atoms with Gasteiger partial charge in [-0.2, -0.15) is 0 Å². The summed E-state index contributed by atoms with van der Waals surface area (Å²) >= 11 is 0. The molecular formula is C14H11F2NO2. The highest BCUT2D eigenvalue weighted by Gasteiger charge is 2.11. The Morgan fingerprint density at radius 3 is 2.47 bits per heavy atom. The van der Waals surface area contributed by atoms with Gasteiger partial charge in [0.1, 0.15) is 6.61 Å². The number of benzene rings is 2. The summed E-state index contributed by atoms with van der Waals surface area (Å²) in [4.78, 5) is 11.6. The fraction of sp³-hybridized carbons (Fsp3) is 0.0714. The van der Waals surface area contributed by atoms with Gasteiger partial charge in [-0.25, -0.2) is 13.6 Å². The number of halogens is 2. The van der Waals surface area contributed by atoms with Crippen LogP contribution >= 0.6 is 0 Å². The molecule has 0 spiro atoms. The van der Waals surface area contributed by atoms with Crippen molar-refractivity contribution in [2.45, 2.75) is 6.61 Å². The average Bonchev–Trinajstić information content (AvgIpc) is 2.41. The molecule has 2 rings (SSSR count). The number of nitrogens with two attached hydrogens (primary N) is 1. The zero-order chi connectivity index (χ0) is 13.8. The second kappa shape index (κ2) is 5.48. The second-order valence-corrected chi connectivity index (χ2v) is 3.91. The first-order chi connectivity index (χ1) is 9.08. The molecule has 0 heterocycles. The lowest BCUT2D eigenvalue weighted by atomic mass is 10.2. The minimum Gasteiger partial charge on any atom is -0.457 e. The lowest BCUT2D eigenvalue weighted by Gasteiger charge is -2.06. The maximum Gasteiger partial charge on any atom is 0.338 e. The second-order valence-electron chi connectivity index (χ2n) is 3.91. The van der Waals surface area contributed by atoms with Crippen LogP contribution < -0.4 is 5.73 Å². The van der Waals surface area contributed by atoms with Gasteiger partial charge < -0.3 is 10.5 Å². The van der Waals surface area contributed by atoms with E-state index in [4.69, 9.17) is 10.5 Å². The van der Waals surface area contributed by atoms with Crippen LogP contribution in [0.3, 0.4) is 0 Å². The molecule has 2 N–H and O–H groups in total. The first kappa shape index (κ1) is 13.0. The van der Waals surface area contributed by atoms with Crippen molar-refractivity contribution in [2.24, 2.45) is 0 Å². The molecule has 19 heavy (non-hydrogen) atoms. The van der Waals surface area contributed by atoms with Gasteiger partial charge in [0.25, 0.3) is 0 Å². The average molecular weight is 263 g/mol. The highest BCUT2D eigenvalue weighted by atomic mass is 19.2. The molecule has 0 aliphatic rings. The normalized spacial score (nSPS) is 10.2. The Morgan fingerprint density at radius 1 is 1.11 bits per heavy atom. The van der Waals surface area contributed by atoms with Gasteiger partial charge in [0, 0.05) is 11.3 Å². The largest absolute Gasteiger partial charge is 0.457 e. The van der Waals surface area contributed by atoms with E-state index in [-0.39, 0.29) is 12.2 Å². The Balaban J connectivity index is 2.04. The van der Waals surface area contributed by atoms with E-state index in [0.29, 0.717) is 11.3 Å². The van der Waals surface area contributed by atoms with E-state index < -0.39 is 17.6 Å². The predicted molar refractivity (Wildman–Crippen MR) is 66.3 cm³/mol. The molecule has 0 atom stereocenters. The first-order valence-corrected chi connectivity index (χ1v) is 5.53. The lowest BCUT2D eigenvalue weighted by Crippen LogP contribution is -2.07. The van der Waals surface area contributed by atoms with Crippen LogP contribution in [0.5, 0.6) is 0 Å². The summed E-state index contributed by atoms with van der Waals surface area (Å²) in [6.07, 6.45) is 0. The fourth-order valence-electron chi connectivity index (χ4n) is 1.51. The summed E-state index contributed by atoms with van der Waals surface area (Å²) in [5.74, 6) is -2.60. The molecule has 2 aromatic rings. The standard InChI is InChI=1S/C14H11F2NO2/c15-12-3-1-2-10(13(12)16)8-19-14(18)9-4-6-11(17)7-5-9/h1-7H,8,17H2. The van der Waals surface area contributed by atoms with Crippen LogP contribution in [0.2, 0.25) is 0 Å². The number of carbonyl (C=O) groups is 1. The van der Waals surface area contributed by atoms with Crippen LogP contribution in [0.15, 0.2) is 42.5 Å². The highest BCUT2D eigenvalue weighted by Crippen LogP contribution is 2.14. The highest BCUT2D eigenvalue weighted by molar-refractivity contribution is 5.89. The number of hydrogen-bond acceptors (Lipinski definition) is 3. The van der Waals surface area contributed by atoms with E-state index in [1.165, 1.54) is 24.3 Å². The summed E-state index contributed by atoms with van der Waals surface area (Å²) < 4.78 is 31.2. The van der Waals surface area contributed by atoms with Crippen LogP contribution in [-0.2, 0) is 11.3 Å². The quantitative estimate of drug-likeness (QED) is 0.684. The van der Waals surface area contributed by atoms with Crippen LogP contribution in [0, 0.1) is 11.6 Å². The van der Waals surface area contributed by atoms with Crippen LogP contribution in [0.25, 0.3) is 0 Å². The molecule has 3 nitrogen and oxygen atoms in total. The Labute approximate surface area is 108 Å². The molecule has 0 aromatic heterocycles. The molecule has 0 saturated carbocycles. The van der Waals surface area contributed by atoms with Gasteiger partial charge in [-0.05, 0) is 30.3 Å². The maximum absolute atomic E-state index is 13.3. The first-order valence-electron chi connectivity index (χ1n) is 5.53. The van der Waals surface area contributed by atoms with Crippen LogP contribution in [0.4, 0.5) is 14.5 Å². The fourth-order valence-corrected chi connectivity index (χ4v) is 1.51. The molecule has 0 radical (unpaired) electrons. The van der Waals surface area contributed by atoms with E-state index >= 15 is 0 Å². The van der Waals surface area contributed by atoms with Gasteiger partial charge in [0.2, 0.25) is 0 Å². The lowest BCUT2D eigenvalue weighted by molar-refractivity contribution is 0.0468. The van der Waals surface area contributed by atoms with Crippen molar-refractivity contribution in [3.63, 3.8) is 0 Å². The number of carbonyl (C=O) groups excluding carboxylic acids is 1. The van der Waals surface area contributed by atoms with Crippen LogP contribution in [0.1, 0.15) is 15.9 Å². The zero-order valence-electron chi connectivity index (χ0n) is 9.90. The van der Waals surface area contributed by atoms with Crippen molar-refractivity contribution in [2.75, 3.05) is 5.73 Å². The third-order valence-electron chi connectivity index (χ3n) is 2.54. The maximum atomic E-state index is 13.3. The molecule has 0 aliphatic heterocycles. The minimum absolute atomic E-state index is 0.0104. The molecule has 0 unspecified atom stereocenters. The van der Waals surface area contributed by atoms with Crippen molar-refractivity contribution in [1.82, 2.24) is 0 Å². The number of ether oxygens (including phenoxy) is 1. The summed E-state index contributed by atoms with van der Waals surface area (Å²) in [5, 5.41) is 0. The molecule has 5 heteroatoms. The Bertz CT molecular complexity index is 597. The van der Waals surface area contributed by atoms with Gasteiger partial charge in [-0.3, -0.25) is 0 Å². The summed E-state index contributed by atoms with van der Waals surface area (Å²) in [7, 11) is 0. The molecule has 0 amide bonds. The topological polar surface area (TPSA) is 52.3 Å². The molecule has 0 bridgehead atoms. The molecule has 2 aromatic carbocycles. The molecule has 0 aliphatic carbocycles. The van der Waals surface area contributed by atoms with E-state index in [9.17, 15) is 13.6 Å². The van der Waals surface area contributed by atoms with Gasteiger partial charge in [0.15, 0.2) is 11.6 Å². The monoisotopic (exact) mass is 263 g/mol. The van der Waals surface area contributed by atoms with E-state index in [1.807, 2.05) is 0 Å². The van der Waals surface area contributed by atoms with E-state index in [2.05, 4.69) is 0 Å². The molecular weight excluding hydrogens is 252 g/mol. The number of anilines is 1. The number of hydrogen-bond donors (Lipinski definition) is 1. The van der Waals surface area contributed by atoms with Crippen molar-refractivity contribution in [3.05, 3.63) is 65.2 Å². The van der Waals surface area contributed by atoms with Crippen molar-refractivity contribution in [1.29, 1.82) is 0 Å². The SMILES string of the molecule is Nc1ccc(C(=O)OCc2cccc(F)c2F)cc1. The van der Waals surface area contributed by atoms with E-state index in [1.54, 1.807) is 12.1 Å². The van der Waals surface area contributed by atoms with Crippen molar-refractivity contribution in [3.8, 4) is 0 Å². The Morgan fingerprint density at radius 2 is 1.79 bits per heavy atom. The molecule has 98 valence electrons. The summed E-state index contributed by atoms with van der Waals surface area (Å²) in [6, 6.07) is 9.82. The number of esters is 1. The summed E-state index contributed by atoms with van der Waals surface area (Å²) in [6.45, 7) is -0.327. The van der Waals surface area contributed by atoms with Gasteiger partial charge in [0.05, 0.1) is 5.56 Å². The summed E-state index contributed by atoms with van der Waals surface area (Å²) in [5.41, 5.74) is 6.29. The van der Waals surface area contributed by atoms with Crippen LogP contribution in [-0.4, -0.2) is 5.97 Å². The number of rotatable bonds is 3. The van der Waals surface area contributed by atoms with E-state index in [0.717, 1.165) is 6.07 Å². The van der Waals surface area contributed by atoms with Crippen molar-refractivity contribution < 1.29 is 18.3 Å². The molecule has 0 saturated heterocycles. The van der Waals surface area contributed by atoms with Gasteiger partial charge in [-0.15, -0.1) is 0 Å². The predicted octanol–water partition coefficient (Wildman–Crippen LogP) is 2.90. The minimum atomic E-state index is -1.01. The van der Waals surface area contributed by atoms with Gasteiger partial charge in [-0.1, -0.05) is 12.1 Å². The Hall–Kier alpha value is -2.43. The molecule has 0 fully saturated rings. The Kier molecular flexibility index (Phi) is 3.75. The van der Waals surface area contributed by atoms with Crippen molar-refractivity contribution >= 4 is 11.7 Å². The van der Waals surface area contributed by atoms with Gasteiger partial charge >= 0.3 is 5.97 Å². The zero-order valence-corrected chi connectivity index (χ0v) is 9.90.